The molecule has 3 amide bonds. The SMILES string of the molecule is COCC1CC(c2nc3c(ccc4cc(-c5ccc(-c6cnc([C@@H]7CCCN7C(=O)[C@@H](NC(=O)OC)C(C)C)[nH]6)cc5)ccc43)[nH]2)N(C(=O)OC(C)(C)C)C1. The van der Waals surface area contributed by atoms with Gasteiger partial charge < -0.3 is 34.4 Å². The first-order valence-corrected chi connectivity index (χ1v) is 19.0. The number of nitrogens with one attached hydrogen (secondary N) is 3. The summed E-state index contributed by atoms with van der Waals surface area (Å²) in [6.45, 7) is 11.1. The van der Waals surface area contributed by atoms with Crippen molar-refractivity contribution in [2.75, 3.05) is 33.9 Å². The molecule has 7 rings (SSSR count). The molecule has 2 saturated heterocycles. The Hall–Kier alpha value is -5.43. The van der Waals surface area contributed by atoms with Crippen molar-refractivity contribution in [2.24, 2.45) is 11.8 Å². The normalized spacial score (nSPS) is 19.4. The minimum Gasteiger partial charge on any atom is -0.453 e. The standard InChI is InChI=1S/C42H51N7O6/c1-24(2)35(47-40(51)54-7)39(50)48-18-8-9-33(48)37-43-21-32(45-37)27-12-10-26(11-13-27)28-14-16-30-29(20-28)15-17-31-36(30)46-38(44-31)34-19-25(23-53-6)22-49(34)41(52)55-42(3,4)5/h10-17,20-21,24-25,33-35H,8-9,18-19,22-23H2,1-7H3,(H,43,45)(H,44,46)(H,47,51)/t25?,33-,34?,35-/m0/s1. The van der Waals surface area contributed by atoms with Gasteiger partial charge in [0.2, 0.25) is 5.91 Å². The van der Waals surface area contributed by atoms with E-state index in [1.54, 1.807) is 12.0 Å². The van der Waals surface area contributed by atoms with Gasteiger partial charge in [0.15, 0.2) is 0 Å². The summed E-state index contributed by atoms with van der Waals surface area (Å²) >= 11 is 0. The van der Waals surface area contributed by atoms with Crippen LogP contribution in [-0.2, 0) is 19.0 Å². The van der Waals surface area contributed by atoms with Gasteiger partial charge in [-0.15, -0.1) is 0 Å². The molecule has 0 bridgehead atoms. The van der Waals surface area contributed by atoms with Crippen LogP contribution in [0.25, 0.3) is 44.2 Å². The van der Waals surface area contributed by atoms with Crippen molar-refractivity contribution in [3.63, 3.8) is 0 Å². The number of carbonyl (C=O) groups excluding carboxylic acids is 3. The van der Waals surface area contributed by atoms with E-state index < -0.39 is 17.7 Å². The molecule has 5 aromatic rings. The van der Waals surface area contributed by atoms with Crippen LogP contribution in [-0.4, -0.2) is 93.4 Å². The van der Waals surface area contributed by atoms with E-state index in [1.165, 1.54) is 7.11 Å². The Bertz CT molecular complexity index is 2190. The smallest absolute Gasteiger partial charge is 0.410 e. The molecule has 4 heterocycles. The van der Waals surface area contributed by atoms with Gasteiger partial charge in [-0.05, 0) is 80.2 Å². The molecule has 3 aromatic carbocycles. The highest BCUT2D eigenvalue weighted by Crippen LogP contribution is 2.38. The number of methoxy groups -OCH3 is 2. The van der Waals surface area contributed by atoms with Crippen molar-refractivity contribution in [1.82, 2.24) is 35.1 Å². The lowest BCUT2D eigenvalue weighted by Gasteiger charge is -2.30. The van der Waals surface area contributed by atoms with Crippen LogP contribution in [0.3, 0.4) is 0 Å². The Morgan fingerprint density at radius 3 is 2.38 bits per heavy atom. The second-order valence-electron chi connectivity index (χ2n) is 16.0. The highest BCUT2D eigenvalue weighted by Gasteiger charge is 2.40. The third-order valence-electron chi connectivity index (χ3n) is 10.6. The predicted molar refractivity (Wildman–Crippen MR) is 210 cm³/mol. The summed E-state index contributed by atoms with van der Waals surface area (Å²) in [4.78, 5) is 59.1. The molecular weight excluding hydrogens is 699 g/mol. The topological polar surface area (TPSA) is 155 Å². The van der Waals surface area contributed by atoms with Crippen molar-refractivity contribution in [1.29, 1.82) is 0 Å². The van der Waals surface area contributed by atoms with Gasteiger partial charge >= 0.3 is 12.2 Å². The minimum atomic E-state index is -0.684. The van der Waals surface area contributed by atoms with Crippen molar-refractivity contribution < 1.29 is 28.6 Å². The van der Waals surface area contributed by atoms with E-state index >= 15 is 0 Å². The molecule has 0 saturated carbocycles. The number of aromatic nitrogens is 4. The summed E-state index contributed by atoms with van der Waals surface area (Å²) in [5, 5.41) is 4.80. The number of H-pyrrole nitrogens is 2. The number of rotatable bonds is 9. The average Bonchev–Trinajstić information content (AvgIpc) is 3.98. The van der Waals surface area contributed by atoms with E-state index in [2.05, 4.69) is 63.8 Å². The van der Waals surface area contributed by atoms with Gasteiger partial charge in [-0.1, -0.05) is 56.3 Å². The number of imidazole rings is 2. The van der Waals surface area contributed by atoms with Crippen molar-refractivity contribution in [3.8, 4) is 22.4 Å². The number of fused-ring (bicyclic) bond motifs is 3. The van der Waals surface area contributed by atoms with Crippen molar-refractivity contribution in [3.05, 3.63) is 72.4 Å². The zero-order chi connectivity index (χ0) is 39.0. The number of amides is 3. The lowest BCUT2D eigenvalue weighted by Crippen LogP contribution is -2.51. The molecule has 2 unspecified atom stereocenters. The first-order chi connectivity index (χ1) is 26.3. The fourth-order valence-electron chi connectivity index (χ4n) is 7.91. The van der Waals surface area contributed by atoms with Crippen LogP contribution in [0.5, 0.6) is 0 Å². The van der Waals surface area contributed by atoms with Gasteiger partial charge in [-0.25, -0.2) is 19.6 Å². The average molecular weight is 750 g/mol. The van der Waals surface area contributed by atoms with Gasteiger partial charge in [0.1, 0.15) is 23.3 Å². The molecule has 3 N–H and O–H groups in total. The maximum absolute atomic E-state index is 13.6. The summed E-state index contributed by atoms with van der Waals surface area (Å²) in [7, 11) is 2.98. The fraction of sp³-hybridized carbons (Fsp3) is 0.452. The Morgan fingerprint density at radius 1 is 0.927 bits per heavy atom. The summed E-state index contributed by atoms with van der Waals surface area (Å²) in [5.74, 6) is 1.43. The molecule has 0 radical (unpaired) electrons. The molecule has 0 spiro atoms. The number of nitrogens with zero attached hydrogens (tertiary/aromatic N) is 4. The van der Waals surface area contributed by atoms with Crippen LogP contribution in [0, 0.1) is 11.8 Å². The maximum atomic E-state index is 13.6. The Morgan fingerprint density at radius 2 is 1.67 bits per heavy atom. The van der Waals surface area contributed by atoms with Crippen molar-refractivity contribution in [2.45, 2.75) is 77.6 Å². The summed E-state index contributed by atoms with van der Waals surface area (Å²) in [6, 6.07) is 17.8. The predicted octanol–water partition coefficient (Wildman–Crippen LogP) is 7.76. The second-order valence-corrected chi connectivity index (χ2v) is 16.0. The van der Waals surface area contributed by atoms with Gasteiger partial charge in [0.05, 0.1) is 48.7 Å². The van der Waals surface area contributed by atoms with E-state index in [4.69, 9.17) is 24.2 Å². The second kappa shape index (κ2) is 15.4. The quantitative estimate of drug-likeness (QED) is 0.138. The Labute approximate surface area is 321 Å². The maximum Gasteiger partial charge on any atom is 0.410 e. The molecule has 2 aliphatic rings. The minimum absolute atomic E-state index is 0.101. The lowest BCUT2D eigenvalue weighted by atomic mass is 9.99. The Kier molecular flexibility index (Phi) is 10.6. The highest BCUT2D eigenvalue weighted by molar-refractivity contribution is 6.05. The number of benzene rings is 3. The van der Waals surface area contributed by atoms with Crippen LogP contribution in [0.4, 0.5) is 9.59 Å². The molecular formula is C42H51N7O6. The summed E-state index contributed by atoms with van der Waals surface area (Å²) < 4.78 is 16.0. The first-order valence-electron chi connectivity index (χ1n) is 19.0. The van der Waals surface area contributed by atoms with E-state index in [1.807, 2.05) is 51.8 Å². The number of hydrogen-bond acceptors (Lipinski definition) is 8. The molecule has 2 fully saturated rings. The first kappa shape index (κ1) is 37.9. The van der Waals surface area contributed by atoms with Gasteiger partial charge in [-0.2, -0.15) is 0 Å². The largest absolute Gasteiger partial charge is 0.453 e. The Balaban J connectivity index is 1.08. The summed E-state index contributed by atoms with van der Waals surface area (Å²) in [6.07, 6.45) is 3.22. The molecule has 290 valence electrons. The number of hydrogen-bond donors (Lipinski definition) is 3. The van der Waals surface area contributed by atoms with Crippen LogP contribution < -0.4 is 5.32 Å². The third-order valence-corrected chi connectivity index (χ3v) is 10.6. The van der Waals surface area contributed by atoms with Gasteiger partial charge in [0, 0.05) is 31.5 Å². The number of alkyl carbamates (subject to hydrolysis) is 1. The number of aromatic amines is 2. The molecule has 2 aromatic heterocycles. The van der Waals surface area contributed by atoms with E-state index in [9.17, 15) is 14.4 Å². The fourth-order valence-corrected chi connectivity index (χ4v) is 7.91. The van der Waals surface area contributed by atoms with Gasteiger partial charge in [-0.3, -0.25) is 9.69 Å². The molecule has 13 nitrogen and oxygen atoms in total. The highest BCUT2D eigenvalue weighted by atomic mass is 16.6. The van der Waals surface area contributed by atoms with Crippen molar-refractivity contribution >= 4 is 39.9 Å². The lowest BCUT2D eigenvalue weighted by molar-refractivity contribution is -0.135. The zero-order valence-corrected chi connectivity index (χ0v) is 32.6. The number of likely N-dealkylation sites (tertiary alicyclic amines) is 2. The molecule has 2 aliphatic heterocycles. The van der Waals surface area contributed by atoms with E-state index in [0.29, 0.717) is 19.7 Å². The van der Waals surface area contributed by atoms with E-state index in [-0.39, 0.29) is 35.9 Å². The molecule has 0 aliphatic carbocycles. The third kappa shape index (κ3) is 7.89. The van der Waals surface area contributed by atoms with Crippen LogP contribution in [0.2, 0.25) is 0 Å². The van der Waals surface area contributed by atoms with E-state index in [0.717, 1.165) is 75.1 Å². The number of ether oxygens (including phenoxy) is 3. The molecule has 55 heavy (non-hydrogen) atoms. The number of carbonyl (C=O) groups is 3. The van der Waals surface area contributed by atoms with Crippen LogP contribution in [0.1, 0.15) is 77.6 Å². The molecule has 13 heteroatoms. The van der Waals surface area contributed by atoms with Crippen LogP contribution in [0.15, 0.2) is 60.8 Å². The monoisotopic (exact) mass is 749 g/mol. The van der Waals surface area contributed by atoms with Crippen LogP contribution >= 0.6 is 0 Å². The summed E-state index contributed by atoms with van der Waals surface area (Å²) in [5.41, 5.74) is 5.18. The van der Waals surface area contributed by atoms with Gasteiger partial charge in [0.25, 0.3) is 0 Å². The zero-order valence-electron chi connectivity index (χ0n) is 32.6. The molecule has 4 atom stereocenters.